The summed E-state index contributed by atoms with van der Waals surface area (Å²) in [5.41, 5.74) is -0.337. The second-order valence-electron chi connectivity index (χ2n) is 7.28. The normalized spacial score (nSPS) is 40.4. The van der Waals surface area contributed by atoms with Crippen LogP contribution in [-0.2, 0) is 14.3 Å². The number of ether oxygens (including phenoxy) is 1. The summed E-state index contributed by atoms with van der Waals surface area (Å²) < 4.78 is 5.82. The van der Waals surface area contributed by atoms with Crippen LogP contribution < -0.4 is 5.32 Å². The molecule has 3 bridgehead atoms. The van der Waals surface area contributed by atoms with Crippen LogP contribution in [0.25, 0.3) is 0 Å². The van der Waals surface area contributed by atoms with Gasteiger partial charge in [0.2, 0.25) is 5.91 Å². The van der Waals surface area contributed by atoms with E-state index in [1.807, 2.05) is 0 Å². The van der Waals surface area contributed by atoms with Gasteiger partial charge in [0.15, 0.2) is 0 Å². The van der Waals surface area contributed by atoms with Gasteiger partial charge in [0, 0.05) is 0 Å². The summed E-state index contributed by atoms with van der Waals surface area (Å²) in [4.78, 5) is 23.2. The Morgan fingerprint density at radius 1 is 1.29 bits per heavy atom. The second kappa shape index (κ2) is 5.47. The molecule has 5 unspecified atom stereocenters. The first kappa shape index (κ1) is 14.6. The van der Waals surface area contributed by atoms with Crippen LogP contribution >= 0.6 is 0 Å². The Morgan fingerprint density at radius 2 is 2.10 bits per heavy atom. The zero-order valence-corrected chi connectivity index (χ0v) is 12.8. The van der Waals surface area contributed by atoms with Crippen LogP contribution in [0.15, 0.2) is 12.7 Å². The molecule has 3 fully saturated rings. The molecule has 5 atom stereocenters. The van der Waals surface area contributed by atoms with Crippen LogP contribution in [0.5, 0.6) is 0 Å². The molecule has 0 aliphatic heterocycles. The van der Waals surface area contributed by atoms with Crippen molar-refractivity contribution in [3.63, 3.8) is 0 Å². The van der Waals surface area contributed by atoms with Gasteiger partial charge in [-0.1, -0.05) is 13.0 Å². The van der Waals surface area contributed by atoms with Gasteiger partial charge in [-0.05, 0) is 68.8 Å². The van der Waals surface area contributed by atoms with Gasteiger partial charge < -0.3 is 10.1 Å². The van der Waals surface area contributed by atoms with Crippen LogP contribution in [0.4, 0.5) is 0 Å². The third kappa shape index (κ3) is 2.85. The molecule has 3 aliphatic carbocycles. The van der Waals surface area contributed by atoms with Gasteiger partial charge in [-0.3, -0.25) is 9.59 Å². The molecule has 0 radical (unpaired) electrons. The third-order valence-electron chi connectivity index (χ3n) is 5.92. The van der Waals surface area contributed by atoms with Crippen LogP contribution in [0.2, 0.25) is 0 Å². The average Bonchev–Trinajstić information content (AvgIpc) is 2.46. The highest BCUT2D eigenvalue weighted by molar-refractivity contribution is 5.89. The summed E-state index contributed by atoms with van der Waals surface area (Å²) in [5.74, 6) is 2.25. The predicted molar refractivity (Wildman–Crippen MR) is 79.4 cm³/mol. The van der Waals surface area contributed by atoms with E-state index in [4.69, 9.17) is 4.74 Å². The molecule has 1 N–H and O–H groups in total. The number of carbonyl (C=O) groups is 2. The molecule has 0 aromatic heterocycles. The Labute approximate surface area is 126 Å². The van der Waals surface area contributed by atoms with Crippen LogP contribution in [0, 0.1) is 23.7 Å². The molecule has 0 aromatic rings. The van der Waals surface area contributed by atoms with Gasteiger partial charge in [-0.2, -0.15) is 0 Å². The van der Waals surface area contributed by atoms with E-state index >= 15 is 0 Å². The van der Waals surface area contributed by atoms with Crippen LogP contribution in [-0.4, -0.2) is 24.0 Å². The maximum atomic E-state index is 12.0. The lowest BCUT2D eigenvalue weighted by Crippen LogP contribution is -2.53. The van der Waals surface area contributed by atoms with Crippen molar-refractivity contribution in [2.24, 2.45) is 23.7 Å². The Hall–Kier alpha value is -1.32. The fourth-order valence-corrected chi connectivity index (χ4v) is 4.90. The molecule has 0 aromatic carbocycles. The second-order valence-corrected chi connectivity index (χ2v) is 7.28. The maximum absolute atomic E-state index is 12.0. The Balaban J connectivity index is 1.63. The Kier molecular flexibility index (Phi) is 3.80. The molecule has 0 heterocycles. The summed E-state index contributed by atoms with van der Waals surface area (Å²) in [6.07, 6.45) is 8.62. The topological polar surface area (TPSA) is 55.4 Å². The van der Waals surface area contributed by atoms with Crippen molar-refractivity contribution in [3.8, 4) is 0 Å². The number of rotatable bonds is 4. The number of hydrogen-bond donors (Lipinski definition) is 1. The predicted octanol–water partition coefficient (Wildman–Crippen LogP) is 2.44. The summed E-state index contributed by atoms with van der Waals surface area (Å²) in [6, 6.07) is 0. The maximum Gasteiger partial charge on any atom is 0.325 e. The van der Waals surface area contributed by atoms with E-state index in [1.54, 1.807) is 0 Å². The molecule has 1 amide bonds. The largest absolute Gasteiger partial charge is 0.458 e. The van der Waals surface area contributed by atoms with E-state index in [-0.39, 0.29) is 24.0 Å². The van der Waals surface area contributed by atoms with Gasteiger partial charge in [-0.25, -0.2) is 0 Å². The van der Waals surface area contributed by atoms with Crippen molar-refractivity contribution >= 4 is 11.9 Å². The monoisotopic (exact) mass is 291 g/mol. The zero-order valence-electron chi connectivity index (χ0n) is 12.8. The van der Waals surface area contributed by atoms with Crippen molar-refractivity contribution < 1.29 is 14.3 Å². The SMILES string of the molecule is C=CC(=O)NCC(=O)OC1(C)CC2CCC3CC2CC1C3. The molecular formula is C17H25NO3. The number of carbonyl (C=O) groups excluding carboxylic acids is 2. The minimum atomic E-state index is -0.337. The summed E-state index contributed by atoms with van der Waals surface area (Å²) >= 11 is 0. The standard InChI is InChI=1S/C17H25NO3/c1-3-15(19)18-10-16(20)21-17(2)9-12-5-4-11-6-13(12)8-14(17)7-11/h3,11-14H,1,4-10H2,2H3,(H,18,19). The van der Waals surface area contributed by atoms with Gasteiger partial charge in [0.1, 0.15) is 12.1 Å². The molecule has 4 heteroatoms. The lowest BCUT2D eigenvalue weighted by molar-refractivity contribution is -0.182. The number of nitrogens with one attached hydrogen (secondary N) is 1. The highest BCUT2D eigenvalue weighted by atomic mass is 16.6. The molecule has 3 aliphatic rings. The molecule has 4 nitrogen and oxygen atoms in total. The lowest BCUT2D eigenvalue weighted by atomic mass is 9.53. The molecule has 3 rings (SSSR count). The van der Waals surface area contributed by atoms with Gasteiger partial charge in [0.25, 0.3) is 0 Å². The molecule has 116 valence electrons. The minimum absolute atomic E-state index is 0.0648. The summed E-state index contributed by atoms with van der Waals surface area (Å²) in [6.45, 7) is 5.41. The molecular weight excluding hydrogens is 266 g/mol. The highest BCUT2D eigenvalue weighted by Crippen LogP contribution is 2.56. The van der Waals surface area contributed by atoms with Crippen molar-refractivity contribution in [3.05, 3.63) is 12.7 Å². The molecule has 21 heavy (non-hydrogen) atoms. The van der Waals surface area contributed by atoms with E-state index in [0.29, 0.717) is 5.92 Å². The lowest BCUT2D eigenvalue weighted by Gasteiger charge is -2.55. The Morgan fingerprint density at radius 3 is 2.86 bits per heavy atom. The van der Waals surface area contributed by atoms with Gasteiger partial charge in [0.05, 0.1) is 0 Å². The van der Waals surface area contributed by atoms with Crippen molar-refractivity contribution in [1.82, 2.24) is 5.32 Å². The Bertz CT molecular complexity index is 459. The van der Waals surface area contributed by atoms with Gasteiger partial charge >= 0.3 is 5.97 Å². The fourth-order valence-electron chi connectivity index (χ4n) is 4.90. The van der Waals surface area contributed by atoms with Crippen molar-refractivity contribution in [1.29, 1.82) is 0 Å². The highest BCUT2D eigenvalue weighted by Gasteiger charge is 2.52. The van der Waals surface area contributed by atoms with E-state index < -0.39 is 0 Å². The number of hydrogen-bond acceptors (Lipinski definition) is 3. The molecule has 3 saturated carbocycles. The first-order valence-corrected chi connectivity index (χ1v) is 8.12. The average molecular weight is 291 g/mol. The third-order valence-corrected chi connectivity index (χ3v) is 5.92. The first-order chi connectivity index (χ1) is 10.00. The van der Waals surface area contributed by atoms with E-state index in [2.05, 4.69) is 18.8 Å². The quantitative estimate of drug-likeness (QED) is 0.639. The first-order valence-electron chi connectivity index (χ1n) is 8.12. The molecule has 0 saturated heterocycles. The minimum Gasteiger partial charge on any atom is -0.458 e. The smallest absolute Gasteiger partial charge is 0.325 e. The van der Waals surface area contributed by atoms with Gasteiger partial charge in [-0.15, -0.1) is 0 Å². The van der Waals surface area contributed by atoms with E-state index in [9.17, 15) is 9.59 Å². The van der Waals surface area contributed by atoms with E-state index in [1.165, 1.54) is 38.2 Å². The molecule has 0 spiro atoms. The van der Waals surface area contributed by atoms with Crippen LogP contribution in [0.3, 0.4) is 0 Å². The van der Waals surface area contributed by atoms with Crippen molar-refractivity contribution in [2.75, 3.05) is 6.54 Å². The fraction of sp³-hybridized carbons (Fsp3) is 0.765. The number of amides is 1. The summed E-state index contributed by atoms with van der Waals surface area (Å²) in [7, 11) is 0. The van der Waals surface area contributed by atoms with Crippen LogP contribution in [0.1, 0.15) is 45.4 Å². The number of esters is 1. The summed E-state index contributed by atoms with van der Waals surface area (Å²) in [5, 5.41) is 2.50. The van der Waals surface area contributed by atoms with Crippen molar-refractivity contribution in [2.45, 2.75) is 51.0 Å². The zero-order chi connectivity index (χ0) is 15.0. The van der Waals surface area contributed by atoms with E-state index in [0.717, 1.165) is 24.2 Å². The number of fused-ring (bicyclic) bond motifs is 2.